The summed E-state index contributed by atoms with van der Waals surface area (Å²) >= 11 is 5.15. The Kier molecular flexibility index (Phi) is 3.19. The number of hydrogen-bond donors (Lipinski definition) is 1. The van der Waals surface area contributed by atoms with Gasteiger partial charge in [-0.2, -0.15) is 0 Å². The van der Waals surface area contributed by atoms with Crippen LogP contribution in [0.2, 0.25) is 0 Å². The number of fused-ring (bicyclic) bond motifs is 1. The Morgan fingerprint density at radius 1 is 1.53 bits per heavy atom. The highest BCUT2D eigenvalue weighted by Crippen LogP contribution is 2.14. The van der Waals surface area contributed by atoms with Crippen LogP contribution in [-0.2, 0) is 13.5 Å². The second-order valence-electron chi connectivity index (χ2n) is 3.68. The van der Waals surface area contributed by atoms with Crippen LogP contribution in [0, 0.1) is 0 Å². The number of amides is 1. The van der Waals surface area contributed by atoms with Gasteiger partial charge in [-0.1, -0.05) is 6.07 Å². The Morgan fingerprint density at radius 3 is 3.00 bits per heavy atom. The molecule has 0 spiro atoms. The molecule has 0 aliphatic rings. The topological polar surface area (TPSA) is 64.2 Å². The molecular formula is C11H11ClN2O3. The predicted molar refractivity (Wildman–Crippen MR) is 64.4 cm³/mol. The van der Waals surface area contributed by atoms with Crippen molar-refractivity contribution >= 4 is 28.1 Å². The van der Waals surface area contributed by atoms with Gasteiger partial charge in [-0.05, 0) is 35.7 Å². The van der Waals surface area contributed by atoms with Gasteiger partial charge in [-0.3, -0.25) is 9.36 Å². The molecule has 1 heterocycles. The number of hydrogen-bond acceptors (Lipinski definition) is 3. The quantitative estimate of drug-likeness (QED) is 0.669. The van der Waals surface area contributed by atoms with Gasteiger partial charge in [0.2, 0.25) is 0 Å². The van der Waals surface area contributed by atoms with Gasteiger partial charge in [0, 0.05) is 13.6 Å². The molecule has 0 aliphatic carbocycles. The molecule has 1 aromatic heterocycles. The lowest BCUT2D eigenvalue weighted by Gasteiger charge is -2.01. The maximum atomic E-state index is 11.3. The first-order chi connectivity index (χ1) is 8.08. The van der Waals surface area contributed by atoms with Gasteiger partial charge in [0.15, 0.2) is 5.58 Å². The largest absolute Gasteiger partial charge is 0.419 e. The summed E-state index contributed by atoms with van der Waals surface area (Å²) in [6.07, 6.45) is 0.632. The molecule has 2 rings (SSSR count). The highest BCUT2D eigenvalue weighted by atomic mass is 35.5. The first kappa shape index (κ1) is 11.7. The second-order valence-corrected chi connectivity index (χ2v) is 4.02. The molecule has 0 fully saturated rings. The zero-order valence-electron chi connectivity index (χ0n) is 9.20. The van der Waals surface area contributed by atoms with Crippen LogP contribution in [0.4, 0.5) is 4.79 Å². The minimum atomic E-state index is -0.572. The van der Waals surface area contributed by atoms with E-state index >= 15 is 0 Å². The van der Waals surface area contributed by atoms with E-state index in [-0.39, 0.29) is 5.76 Å². The molecule has 2 aromatic rings. The summed E-state index contributed by atoms with van der Waals surface area (Å²) in [6.45, 7) is 0.449. The Labute approximate surface area is 102 Å². The van der Waals surface area contributed by atoms with Gasteiger partial charge in [-0.15, -0.1) is 0 Å². The molecule has 1 amide bonds. The van der Waals surface area contributed by atoms with E-state index in [1.54, 1.807) is 13.1 Å². The number of carbonyl (C=O) groups excluding carboxylic acids is 1. The molecule has 5 nitrogen and oxygen atoms in total. The van der Waals surface area contributed by atoms with Crippen LogP contribution in [0.25, 0.3) is 11.1 Å². The van der Waals surface area contributed by atoms with Gasteiger partial charge < -0.3 is 9.73 Å². The molecule has 0 unspecified atom stereocenters. The molecule has 0 saturated heterocycles. The lowest BCUT2D eigenvalue weighted by molar-refractivity contribution is 0.260. The van der Waals surface area contributed by atoms with Crippen LogP contribution in [0.5, 0.6) is 0 Å². The highest BCUT2D eigenvalue weighted by molar-refractivity contribution is 6.62. The normalized spacial score (nSPS) is 10.7. The predicted octanol–water partition coefficient (Wildman–Crippen LogP) is 1.62. The Morgan fingerprint density at radius 2 is 2.29 bits per heavy atom. The maximum absolute atomic E-state index is 11.3. The number of benzene rings is 1. The van der Waals surface area contributed by atoms with Crippen molar-refractivity contribution in [3.8, 4) is 0 Å². The van der Waals surface area contributed by atoms with Crippen molar-refractivity contribution in [2.45, 2.75) is 6.42 Å². The van der Waals surface area contributed by atoms with Gasteiger partial charge in [-0.25, -0.2) is 4.79 Å². The summed E-state index contributed by atoms with van der Waals surface area (Å²) < 4.78 is 6.50. The fourth-order valence-corrected chi connectivity index (χ4v) is 1.73. The van der Waals surface area contributed by atoms with Crippen molar-refractivity contribution < 1.29 is 9.21 Å². The lowest BCUT2D eigenvalue weighted by atomic mass is 10.1. The smallest absolute Gasteiger partial charge is 0.408 e. The molecule has 90 valence electrons. The standard InChI is InChI=1S/C11H11ClN2O3/c1-14-8-3-2-7(4-5-13-10(12)15)6-9(8)17-11(14)16/h2-3,6H,4-5H2,1H3,(H,13,15). The zero-order valence-corrected chi connectivity index (χ0v) is 9.95. The summed E-state index contributed by atoms with van der Waals surface area (Å²) in [6, 6.07) is 5.49. The van der Waals surface area contributed by atoms with Crippen molar-refractivity contribution in [3.05, 3.63) is 34.3 Å². The minimum Gasteiger partial charge on any atom is -0.408 e. The molecule has 1 aromatic carbocycles. The number of nitrogens with zero attached hydrogens (tertiary/aromatic N) is 1. The monoisotopic (exact) mass is 254 g/mol. The Balaban J connectivity index is 2.20. The van der Waals surface area contributed by atoms with E-state index in [9.17, 15) is 9.59 Å². The van der Waals surface area contributed by atoms with Crippen LogP contribution in [0.3, 0.4) is 0 Å². The van der Waals surface area contributed by atoms with Crippen LogP contribution in [-0.4, -0.2) is 16.5 Å². The van der Waals surface area contributed by atoms with Gasteiger partial charge in [0.05, 0.1) is 5.52 Å². The molecule has 0 aliphatic heterocycles. The average molecular weight is 255 g/mol. The number of aryl methyl sites for hydroxylation is 1. The van der Waals surface area contributed by atoms with Crippen molar-refractivity contribution in [2.75, 3.05) is 6.54 Å². The van der Waals surface area contributed by atoms with Gasteiger partial charge in [0.25, 0.3) is 0 Å². The van der Waals surface area contributed by atoms with E-state index in [1.807, 2.05) is 12.1 Å². The van der Waals surface area contributed by atoms with E-state index in [2.05, 4.69) is 5.32 Å². The van der Waals surface area contributed by atoms with Crippen LogP contribution < -0.4 is 11.1 Å². The van der Waals surface area contributed by atoms with Gasteiger partial charge >= 0.3 is 11.1 Å². The van der Waals surface area contributed by atoms with E-state index < -0.39 is 5.37 Å². The molecule has 0 radical (unpaired) electrons. The third-order valence-corrected chi connectivity index (χ3v) is 2.67. The van der Waals surface area contributed by atoms with Crippen molar-refractivity contribution in [2.24, 2.45) is 7.05 Å². The first-order valence-corrected chi connectivity index (χ1v) is 5.47. The number of oxazole rings is 1. The van der Waals surface area contributed by atoms with Crippen LogP contribution >= 0.6 is 11.6 Å². The molecular weight excluding hydrogens is 244 g/mol. The molecule has 0 atom stereocenters. The average Bonchev–Trinajstić information content (AvgIpc) is 2.54. The molecule has 6 heteroatoms. The van der Waals surface area contributed by atoms with E-state index in [0.29, 0.717) is 18.5 Å². The number of nitrogens with one attached hydrogen (secondary N) is 1. The molecule has 1 N–H and O–H groups in total. The fourth-order valence-electron chi connectivity index (χ4n) is 1.64. The van der Waals surface area contributed by atoms with E-state index in [0.717, 1.165) is 11.1 Å². The van der Waals surface area contributed by atoms with Crippen molar-refractivity contribution in [1.82, 2.24) is 9.88 Å². The Hall–Kier alpha value is -1.75. The summed E-state index contributed by atoms with van der Waals surface area (Å²) in [5.41, 5.74) is 2.27. The van der Waals surface area contributed by atoms with Crippen molar-refractivity contribution in [1.29, 1.82) is 0 Å². The highest BCUT2D eigenvalue weighted by Gasteiger charge is 2.06. The van der Waals surface area contributed by atoms with Crippen LogP contribution in [0.15, 0.2) is 27.4 Å². The third kappa shape index (κ3) is 2.50. The zero-order chi connectivity index (χ0) is 12.4. The summed E-state index contributed by atoms with van der Waals surface area (Å²) in [7, 11) is 1.65. The Bertz CT molecular complexity index is 615. The maximum Gasteiger partial charge on any atom is 0.419 e. The molecule has 0 bridgehead atoms. The van der Waals surface area contributed by atoms with Gasteiger partial charge in [0.1, 0.15) is 0 Å². The number of carbonyl (C=O) groups is 1. The SMILES string of the molecule is Cn1c(=O)oc2cc(CCNC(=O)Cl)ccc21. The van der Waals surface area contributed by atoms with Crippen molar-refractivity contribution in [3.63, 3.8) is 0 Å². The third-order valence-electron chi connectivity index (χ3n) is 2.53. The number of rotatable bonds is 3. The minimum absolute atomic E-state index is 0.383. The number of halogens is 1. The summed E-state index contributed by atoms with van der Waals surface area (Å²) in [4.78, 5) is 21.8. The summed E-state index contributed by atoms with van der Waals surface area (Å²) in [5, 5.41) is 1.92. The van der Waals surface area contributed by atoms with E-state index in [1.165, 1.54) is 4.57 Å². The summed E-state index contributed by atoms with van der Waals surface area (Å²) in [5.74, 6) is -0.383. The lowest BCUT2D eigenvalue weighted by Crippen LogP contribution is -2.19. The number of aromatic nitrogens is 1. The first-order valence-electron chi connectivity index (χ1n) is 5.10. The second kappa shape index (κ2) is 4.63. The van der Waals surface area contributed by atoms with E-state index in [4.69, 9.17) is 16.0 Å². The molecule has 0 saturated carbocycles. The molecule has 17 heavy (non-hydrogen) atoms. The fraction of sp³-hybridized carbons (Fsp3) is 0.273. The van der Waals surface area contributed by atoms with Crippen LogP contribution in [0.1, 0.15) is 5.56 Å².